The highest BCUT2D eigenvalue weighted by molar-refractivity contribution is 5.33. The second-order valence-corrected chi connectivity index (χ2v) is 10.3. The van der Waals surface area contributed by atoms with Crippen LogP contribution in [0.15, 0.2) is 12.1 Å². The number of hydrogen-bond acceptors (Lipinski definition) is 3. The van der Waals surface area contributed by atoms with E-state index >= 15 is 0 Å². The second-order valence-electron chi connectivity index (χ2n) is 10.3. The van der Waals surface area contributed by atoms with E-state index < -0.39 is 59.0 Å². The van der Waals surface area contributed by atoms with E-state index in [0.29, 0.717) is 44.4 Å². The SMILES string of the molecule is CCCCC(F)(F)C1CCC(OC(F)(F)c2ccc(OC(F)(F)C3CCC(OCC)CC3)c(F)c2F)CC1. The summed E-state index contributed by atoms with van der Waals surface area (Å²) in [5.74, 6) is -10.4. The number of unbranched alkanes of at least 4 members (excludes halogenated alkanes) is 1. The molecule has 218 valence electrons. The van der Waals surface area contributed by atoms with Gasteiger partial charge in [0.05, 0.1) is 23.7 Å². The minimum absolute atomic E-state index is 0.0390. The zero-order valence-corrected chi connectivity index (χ0v) is 21.7. The minimum Gasteiger partial charge on any atom is -0.429 e. The molecule has 0 spiro atoms. The molecule has 0 aromatic heterocycles. The Morgan fingerprint density at radius 3 is 1.92 bits per heavy atom. The van der Waals surface area contributed by atoms with Crippen LogP contribution in [0, 0.1) is 23.5 Å². The second kappa shape index (κ2) is 12.7. The zero-order chi connectivity index (χ0) is 28.1. The molecule has 0 bridgehead atoms. The topological polar surface area (TPSA) is 27.7 Å². The largest absolute Gasteiger partial charge is 0.429 e. The first-order valence-electron chi connectivity index (χ1n) is 13.4. The van der Waals surface area contributed by atoms with Crippen LogP contribution in [0.5, 0.6) is 5.75 Å². The number of benzene rings is 1. The normalized spacial score (nSPS) is 25.4. The molecule has 38 heavy (non-hydrogen) atoms. The number of ether oxygens (including phenoxy) is 3. The van der Waals surface area contributed by atoms with Gasteiger partial charge in [0.25, 0.3) is 5.92 Å². The molecule has 0 amide bonds. The van der Waals surface area contributed by atoms with E-state index in [1.807, 2.05) is 0 Å². The van der Waals surface area contributed by atoms with Crippen LogP contribution in [0.2, 0.25) is 0 Å². The Hall–Kier alpha value is -1.62. The van der Waals surface area contributed by atoms with Gasteiger partial charge in [0.15, 0.2) is 11.6 Å². The van der Waals surface area contributed by atoms with Crippen LogP contribution in [0.4, 0.5) is 35.1 Å². The van der Waals surface area contributed by atoms with Gasteiger partial charge in [-0.1, -0.05) is 13.3 Å². The van der Waals surface area contributed by atoms with Crippen LogP contribution < -0.4 is 4.74 Å². The first-order chi connectivity index (χ1) is 17.8. The Morgan fingerprint density at radius 1 is 0.763 bits per heavy atom. The van der Waals surface area contributed by atoms with Crippen LogP contribution in [0.25, 0.3) is 0 Å². The third-order valence-electron chi connectivity index (χ3n) is 7.61. The number of hydrogen-bond donors (Lipinski definition) is 0. The molecular formula is C27H36F8O3. The summed E-state index contributed by atoms with van der Waals surface area (Å²) in [6, 6.07) is 0.969. The third-order valence-corrected chi connectivity index (χ3v) is 7.61. The fraction of sp³-hybridized carbons (Fsp3) is 0.778. The summed E-state index contributed by atoms with van der Waals surface area (Å²) in [6.45, 7) is 4.04. The van der Waals surface area contributed by atoms with Crippen molar-refractivity contribution in [3.05, 3.63) is 29.3 Å². The molecule has 2 saturated carbocycles. The van der Waals surface area contributed by atoms with Gasteiger partial charge in [0.2, 0.25) is 5.82 Å². The lowest BCUT2D eigenvalue weighted by Crippen LogP contribution is -2.39. The lowest BCUT2D eigenvalue weighted by Gasteiger charge is -2.35. The molecule has 2 aliphatic carbocycles. The predicted octanol–water partition coefficient (Wildman–Crippen LogP) is 8.98. The molecule has 0 unspecified atom stereocenters. The summed E-state index contributed by atoms with van der Waals surface area (Å²) < 4.78 is 131. The molecule has 0 saturated heterocycles. The van der Waals surface area contributed by atoms with Gasteiger partial charge in [0.1, 0.15) is 0 Å². The Kier molecular flexibility index (Phi) is 10.3. The van der Waals surface area contributed by atoms with E-state index in [-0.39, 0.29) is 51.0 Å². The van der Waals surface area contributed by atoms with Crippen LogP contribution in [-0.4, -0.2) is 30.8 Å². The fourth-order valence-electron chi connectivity index (χ4n) is 5.36. The summed E-state index contributed by atoms with van der Waals surface area (Å²) in [7, 11) is 0. The number of alkyl halides is 6. The summed E-state index contributed by atoms with van der Waals surface area (Å²) >= 11 is 0. The van der Waals surface area contributed by atoms with Gasteiger partial charge >= 0.3 is 12.2 Å². The first-order valence-corrected chi connectivity index (χ1v) is 13.4. The minimum atomic E-state index is -4.30. The van der Waals surface area contributed by atoms with E-state index in [0.717, 1.165) is 0 Å². The van der Waals surface area contributed by atoms with Crippen molar-refractivity contribution in [1.29, 1.82) is 0 Å². The molecule has 3 nitrogen and oxygen atoms in total. The number of halogens is 8. The highest BCUT2D eigenvalue weighted by atomic mass is 19.3. The van der Waals surface area contributed by atoms with Crippen molar-refractivity contribution in [3.63, 3.8) is 0 Å². The Morgan fingerprint density at radius 2 is 1.34 bits per heavy atom. The smallest absolute Gasteiger partial charge is 0.400 e. The summed E-state index contributed by atoms with van der Waals surface area (Å²) in [5, 5.41) is 0. The van der Waals surface area contributed by atoms with Crippen molar-refractivity contribution in [2.45, 2.75) is 115 Å². The van der Waals surface area contributed by atoms with Crippen molar-refractivity contribution < 1.29 is 49.3 Å². The lowest BCUT2D eigenvalue weighted by atomic mass is 9.81. The van der Waals surface area contributed by atoms with Crippen LogP contribution >= 0.6 is 0 Å². The van der Waals surface area contributed by atoms with Crippen molar-refractivity contribution >= 4 is 0 Å². The molecule has 3 rings (SSSR count). The molecule has 2 fully saturated rings. The highest BCUT2D eigenvalue weighted by Crippen LogP contribution is 2.44. The van der Waals surface area contributed by atoms with E-state index in [2.05, 4.69) is 4.74 Å². The zero-order valence-electron chi connectivity index (χ0n) is 21.7. The molecular weight excluding hydrogens is 524 g/mol. The molecule has 0 N–H and O–H groups in total. The average molecular weight is 561 g/mol. The van der Waals surface area contributed by atoms with Crippen molar-refractivity contribution in [2.24, 2.45) is 11.8 Å². The monoisotopic (exact) mass is 560 g/mol. The van der Waals surface area contributed by atoms with Gasteiger partial charge in [0, 0.05) is 18.9 Å². The van der Waals surface area contributed by atoms with Crippen LogP contribution in [0.1, 0.15) is 90.0 Å². The van der Waals surface area contributed by atoms with Crippen molar-refractivity contribution in [3.8, 4) is 5.75 Å². The van der Waals surface area contributed by atoms with Gasteiger partial charge in [-0.25, -0.2) is 13.2 Å². The van der Waals surface area contributed by atoms with Crippen molar-refractivity contribution in [2.75, 3.05) is 6.61 Å². The summed E-state index contributed by atoms with van der Waals surface area (Å²) in [6.07, 6.45) is -8.22. The quantitative estimate of drug-likeness (QED) is 0.239. The molecule has 1 aromatic rings. The molecule has 1 aromatic carbocycles. The van der Waals surface area contributed by atoms with Gasteiger partial charge < -0.3 is 14.2 Å². The first kappa shape index (κ1) is 30.9. The predicted molar refractivity (Wildman–Crippen MR) is 125 cm³/mol. The maximum absolute atomic E-state index is 14.8. The molecule has 0 radical (unpaired) electrons. The number of rotatable bonds is 12. The standard InChI is InChI=1S/C27H36F8O3/c1-3-5-16-25(30,31)17-6-12-20(13-7-17)37-27(34,35)21-14-15-22(24(29)23(21)28)38-26(32,33)18-8-10-19(11-9-18)36-4-2/h14-15,17-20H,3-13,16H2,1-2H3. The highest BCUT2D eigenvalue weighted by Gasteiger charge is 2.47. The third kappa shape index (κ3) is 7.52. The van der Waals surface area contributed by atoms with Gasteiger partial charge in [-0.15, -0.1) is 0 Å². The maximum Gasteiger partial charge on any atom is 0.400 e. The van der Waals surface area contributed by atoms with E-state index in [4.69, 9.17) is 9.47 Å². The summed E-state index contributed by atoms with van der Waals surface area (Å²) in [4.78, 5) is 0. The average Bonchev–Trinajstić information content (AvgIpc) is 2.86. The van der Waals surface area contributed by atoms with Crippen molar-refractivity contribution in [1.82, 2.24) is 0 Å². The van der Waals surface area contributed by atoms with Gasteiger partial charge in [-0.2, -0.15) is 22.0 Å². The summed E-state index contributed by atoms with van der Waals surface area (Å²) in [5.41, 5.74) is -1.47. The van der Waals surface area contributed by atoms with Crippen LogP contribution in [-0.2, 0) is 15.6 Å². The van der Waals surface area contributed by atoms with Gasteiger partial charge in [-0.05, 0) is 76.8 Å². The Balaban J connectivity index is 1.62. The van der Waals surface area contributed by atoms with E-state index in [9.17, 15) is 35.1 Å². The fourth-order valence-corrected chi connectivity index (χ4v) is 5.36. The van der Waals surface area contributed by atoms with Crippen LogP contribution in [0.3, 0.4) is 0 Å². The molecule has 0 atom stereocenters. The maximum atomic E-state index is 14.8. The molecule has 2 aliphatic rings. The molecule has 11 heteroatoms. The Labute approximate surface area is 218 Å². The van der Waals surface area contributed by atoms with Gasteiger partial charge in [-0.3, -0.25) is 0 Å². The lowest BCUT2D eigenvalue weighted by molar-refractivity contribution is -0.281. The molecule has 0 heterocycles. The van der Waals surface area contributed by atoms with E-state index in [1.165, 1.54) is 0 Å². The van der Waals surface area contributed by atoms with E-state index in [1.54, 1.807) is 13.8 Å². The molecule has 0 aliphatic heterocycles. The Bertz CT molecular complexity index is 895.